The Morgan fingerprint density at radius 2 is 2.00 bits per heavy atom. The Kier molecular flexibility index (Phi) is 3.63. The summed E-state index contributed by atoms with van der Waals surface area (Å²) >= 11 is 0. The van der Waals surface area contributed by atoms with Crippen LogP contribution in [-0.2, 0) is 14.8 Å². The quantitative estimate of drug-likeness (QED) is 0.751. The van der Waals surface area contributed by atoms with Gasteiger partial charge in [-0.3, -0.25) is 0 Å². The summed E-state index contributed by atoms with van der Waals surface area (Å²) in [6, 6.07) is 2.95. The van der Waals surface area contributed by atoms with E-state index < -0.39 is 27.3 Å². The molecule has 8 heteroatoms. The highest BCUT2D eigenvalue weighted by molar-refractivity contribution is 7.89. The van der Waals surface area contributed by atoms with E-state index in [0.717, 1.165) is 18.2 Å². The number of halogens is 1. The Morgan fingerprint density at radius 3 is 2.39 bits per heavy atom. The Labute approximate surface area is 104 Å². The Hall–Kier alpha value is -1.67. The molecule has 0 bridgehead atoms. The maximum Gasteiger partial charge on any atom is 0.328 e. The molecule has 0 aromatic heterocycles. The number of anilines is 1. The molecule has 0 fully saturated rings. The standard InChI is InChI=1S/C10H13FN2O4S/c1-10(2,9(14)15)13-8-4-3-6(5-7(8)11)18(12,16)17/h3-5,13H,1-2H3,(H,14,15)(H2,12,16,17). The van der Waals surface area contributed by atoms with Crippen molar-refractivity contribution in [2.75, 3.05) is 5.32 Å². The number of benzene rings is 1. The van der Waals surface area contributed by atoms with Crippen LogP contribution in [0.25, 0.3) is 0 Å². The molecule has 0 aliphatic carbocycles. The number of primary sulfonamides is 1. The lowest BCUT2D eigenvalue weighted by molar-refractivity contribution is -0.141. The molecule has 0 saturated carbocycles. The molecule has 6 nitrogen and oxygen atoms in total. The number of hydrogen-bond donors (Lipinski definition) is 3. The molecule has 0 saturated heterocycles. The van der Waals surface area contributed by atoms with Crippen molar-refractivity contribution in [3.05, 3.63) is 24.0 Å². The highest BCUT2D eigenvalue weighted by Crippen LogP contribution is 2.21. The van der Waals surface area contributed by atoms with Gasteiger partial charge < -0.3 is 10.4 Å². The van der Waals surface area contributed by atoms with Crippen LogP contribution in [0.4, 0.5) is 10.1 Å². The largest absolute Gasteiger partial charge is 0.480 e. The van der Waals surface area contributed by atoms with Gasteiger partial charge in [0.05, 0.1) is 10.6 Å². The van der Waals surface area contributed by atoms with E-state index in [9.17, 15) is 17.6 Å². The fourth-order valence-electron chi connectivity index (χ4n) is 1.16. The zero-order valence-corrected chi connectivity index (χ0v) is 10.6. The van der Waals surface area contributed by atoms with Gasteiger partial charge in [-0.2, -0.15) is 0 Å². The van der Waals surface area contributed by atoms with Crippen molar-refractivity contribution < 1.29 is 22.7 Å². The monoisotopic (exact) mass is 276 g/mol. The summed E-state index contributed by atoms with van der Waals surface area (Å²) < 4.78 is 35.6. The van der Waals surface area contributed by atoms with Gasteiger partial charge in [-0.1, -0.05) is 0 Å². The van der Waals surface area contributed by atoms with Crippen molar-refractivity contribution in [1.82, 2.24) is 0 Å². The van der Waals surface area contributed by atoms with Crippen molar-refractivity contribution in [3.8, 4) is 0 Å². The average molecular weight is 276 g/mol. The Bertz CT molecular complexity index is 584. The van der Waals surface area contributed by atoms with Crippen LogP contribution in [-0.4, -0.2) is 25.0 Å². The van der Waals surface area contributed by atoms with Gasteiger partial charge in [0.2, 0.25) is 10.0 Å². The lowest BCUT2D eigenvalue weighted by Gasteiger charge is -2.22. The van der Waals surface area contributed by atoms with E-state index in [1.165, 1.54) is 13.8 Å². The number of carbonyl (C=O) groups is 1. The molecular formula is C10H13FN2O4S. The van der Waals surface area contributed by atoms with E-state index in [-0.39, 0.29) is 10.6 Å². The molecule has 0 heterocycles. The van der Waals surface area contributed by atoms with Crippen molar-refractivity contribution in [2.24, 2.45) is 5.14 Å². The summed E-state index contributed by atoms with van der Waals surface area (Å²) in [7, 11) is -3.99. The molecule has 0 unspecified atom stereocenters. The third-order valence-electron chi connectivity index (χ3n) is 2.25. The first-order valence-electron chi connectivity index (χ1n) is 4.88. The highest BCUT2D eigenvalue weighted by atomic mass is 32.2. The maximum absolute atomic E-state index is 13.6. The lowest BCUT2D eigenvalue weighted by atomic mass is 10.1. The molecule has 1 rings (SSSR count). The molecule has 0 amide bonds. The summed E-state index contributed by atoms with van der Waals surface area (Å²) in [5.41, 5.74) is -1.50. The first kappa shape index (κ1) is 14.4. The summed E-state index contributed by atoms with van der Waals surface area (Å²) in [6.07, 6.45) is 0. The van der Waals surface area contributed by atoms with Gasteiger partial charge in [0, 0.05) is 0 Å². The average Bonchev–Trinajstić information content (AvgIpc) is 2.19. The van der Waals surface area contributed by atoms with Gasteiger partial charge in [0.15, 0.2) is 0 Å². The number of carboxylic acids is 1. The van der Waals surface area contributed by atoms with Crippen LogP contribution >= 0.6 is 0 Å². The Morgan fingerprint density at radius 1 is 1.44 bits per heavy atom. The predicted octanol–water partition coefficient (Wildman–Crippen LogP) is 0.748. The van der Waals surface area contributed by atoms with E-state index >= 15 is 0 Å². The number of carboxylic acid groups (broad SMARTS) is 1. The molecule has 1 aromatic rings. The van der Waals surface area contributed by atoms with Crippen LogP contribution in [0.2, 0.25) is 0 Å². The van der Waals surface area contributed by atoms with Gasteiger partial charge in [-0.15, -0.1) is 0 Å². The molecular weight excluding hydrogens is 263 g/mol. The molecule has 4 N–H and O–H groups in total. The first-order chi connectivity index (χ1) is 8.04. The maximum atomic E-state index is 13.6. The number of nitrogens with one attached hydrogen (secondary N) is 1. The Balaban J connectivity index is 3.12. The third kappa shape index (κ3) is 3.17. The molecule has 0 atom stereocenters. The summed E-state index contributed by atoms with van der Waals surface area (Å²) in [5, 5.41) is 16.2. The SMILES string of the molecule is CC(C)(Nc1ccc(S(N)(=O)=O)cc1F)C(=O)O. The number of hydrogen-bond acceptors (Lipinski definition) is 4. The summed E-state index contributed by atoms with van der Waals surface area (Å²) in [5.74, 6) is -2.06. The van der Waals surface area contributed by atoms with E-state index in [0.29, 0.717) is 0 Å². The molecule has 100 valence electrons. The van der Waals surface area contributed by atoms with Gasteiger partial charge in [0.1, 0.15) is 11.4 Å². The number of sulfonamides is 1. The fourth-order valence-corrected chi connectivity index (χ4v) is 1.69. The smallest absolute Gasteiger partial charge is 0.328 e. The van der Waals surface area contributed by atoms with E-state index in [1.54, 1.807) is 0 Å². The highest BCUT2D eigenvalue weighted by Gasteiger charge is 2.27. The minimum absolute atomic E-state index is 0.116. The molecule has 0 spiro atoms. The van der Waals surface area contributed by atoms with Crippen molar-refractivity contribution >= 4 is 21.7 Å². The van der Waals surface area contributed by atoms with E-state index in [4.69, 9.17) is 10.2 Å². The second-order valence-electron chi connectivity index (χ2n) is 4.24. The van der Waals surface area contributed by atoms with Crippen LogP contribution in [0.5, 0.6) is 0 Å². The molecule has 0 aliphatic rings. The molecule has 1 aromatic carbocycles. The van der Waals surface area contributed by atoms with Gasteiger partial charge in [0.25, 0.3) is 0 Å². The van der Waals surface area contributed by atoms with E-state index in [1.807, 2.05) is 0 Å². The molecule has 0 aliphatic heterocycles. The molecule has 0 radical (unpaired) electrons. The number of aliphatic carboxylic acids is 1. The van der Waals surface area contributed by atoms with E-state index in [2.05, 4.69) is 5.32 Å². The first-order valence-corrected chi connectivity index (χ1v) is 6.42. The fraction of sp³-hybridized carbons (Fsp3) is 0.300. The van der Waals surface area contributed by atoms with Gasteiger partial charge in [-0.05, 0) is 32.0 Å². The normalized spacial score (nSPS) is 12.2. The minimum Gasteiger partial charge on any atom is -0.480 e. The van der Waals surface area contributed by atoms with Crippen LogP contribution in [0.1, 0.15) is 13.8 Å². The summed E-state index contributed by atoms with van der Waals surface area (Å²) in [4.78, 5) is 10.5. The van der Waals surface area contributed by atoms with Crippen molar-refractivity contribution in [2.45, 2.75) is 24.3 Å². The van der Waals surface area contributed by atoms with Crippen LogP contribution < -0.4 is 10.5 Å². The minimum atomic E-state index is -3.99. The summed E-state index contributed by atoms with van der Waals surface area (Å²) in [6.45, 7) is 2.70. The van der Waals surface area contributed by atoms with Crippen LogP contribution in [0, 0.1) is 5.82 Å². The predicted molar refractivity (Wildman–Crippen MR) is 63.1 cm³/mol. The topological polar surface area (TPSA) is 109 Å². The van der Waals surface area contributed by atoms with Crippen molar-refractivity contribution in [3.63, 3.8) is 0 Å². The van der Waals surface area contributed by atoms with Gasteiger partial charge >= 0.3 is 5.97 Å². The van der Waals surface area contributed by atoms with Crippen LogP contribution in [0.3, 0.4) is 0 Å². The zero-order valence-electron chi connectivity index (χ0n) is 9.77. The zero-order chi connectivity index (χ0) is 14.1. The van der Waals surface area contributed by atoms with Crippen molar-refractivity contribution in [1.29, 1.82) is 0 Å². The second-order valence-corrected chi connectivity index (χ2v) is 5.80. The van der Waals surface area contributed by atoms with Gasteiger partial charge in [-0.25, -0.2) is 22.7 Å². The third-order valence-corrected chi connectivity index (χ3v) is 3.16. The van der Waals surface area contributed by atoms with Crippen LogP contribution in [0.15, 0.2) is 23.1 Å². The number of rotatable bonds is 4. The second kappa shape index (κ2) is 4.54. The lowest BCUT2D eigenvalue weighted by Crippen LogP contribution is -2.40. The number of nitrogens with two attached hydrogens (primary N) is 1. The molecule has 18 heavy (non-hydrogen) atoms.